The molecule has 25 heavy (non-hydrogen) atoms. The van der Waals surface area contributed by atoms with E-state index in [1.807, 2.05) is 13.8 Å². The van der Waals surface area contributed by atoms with E-state index in [0.717, 1.165) is 37.4 Å². The molecule has 2 aromatic rings. The van der Waals surface area contributed by atoms with Crippen LogP contribution in [0.15, 0.2) is 16.5 Å². The van der Waals surface area contributed by atoms with E-state index >= 15 is 0 Å². The van der Waals surface area contributed by atoms with Gasteiger partial charge in [-0.15, -0.1) is 0 Å². The first kappa shape index (κ1) is 19.5. The lowest BCUT2D eigenvalue weighted by Crippen LogP contribution is -2.29. The molecule has 2 aromatic heterocycles. The standard InChI is InChI=1S/C18H27ClN4O2/c1-5-22(6-2)11-7-10-20-18(24)16-9-8-15(25-16)12-23-14(4)17(19)13(3)21-23/h8-9H,5-7,10-12H2,1-4H3,(H,20,24). The third-order valence-electron chi connectivity index (χ3n) is 4.32. The van der Waals surface area contributed by atoms with E-state index in [-0.39, 0.29) is 5.91 Å². The lowest BCUT2D eigenvalue weighted by atomic mass is 10.3. The van der Waals surface area contributed by atoms with Gasteiger partial charge in [0.1, 0.15) is 5.76 Å². The second-order valence-corrected chi connectivity index (χ2v) is 6.42. The number of hydrogen-bond donors (Lipinski definition) is 1. The molecule has 0 fully saturated rings. The zero-order valence-electron chi connectivity index (χ0n) is 15.4. The van der Waals surface area contributed by atoms with Gasteiger partial charge >= 0.3 is 0 Å². The lowest BCUT2D eigenvalue weighted by Gasteiger charge is -2.17. The van der Waals surface area contributed by atoms with Crippen LogP contribution in [0.25, 0.3) is 0 Å². The first-order valence-corrected chi connectivity index (χ1v) is 9.12. The number of carbonyl (C=O) groups is 1. The summed E-state index contributed by atoms with van der Waals surface area (Å²) in [6.07, 6.45) is 0.922. The Kier molecular flexibility index (Phi) is 7.08. The normalized spacial score (nSPS) is 11.3. The molecule has 0 radical (unpaired) electrons. The van der Waals surface area contributed by atoms with Gasteiger partial charge in [0, 0.05) is 6.54 Å². The number of amides is 1. The van der Waals surface area contributed by atoms with Gasteiger partial charge in [-0.1, -0.05) is 25.4 Å². The Morgan fingerprint density at radius 2 is 2.04 bits per heavy atom. The highest BCUT2D eigenvalue weighted by molar-refractivity contribution is 6.31. The van der Waals surface area contributed by atoms with Crippen LogP contribution in [0.4, 0.5) is 0 Å². The topological polar surface area (TPSA) is 63.3 Å². The quantitative estimate of drug-likeness (QED) is 0.692. The molecular formula is C18H27ClN4O2. The predicted octanol–water partition coefficient (Wildman–Crippen LogP) is 3.26. The second-order valence-electron chi connectivity index (χ2n) is 6.04. The van der Waals surface area contributed by atoms with Crippen LogP contribution in [0.1, 0.15) is 48.0 Å². The summed E-state index contributed by atoms with van der Waals surface area (Å²) in [6, 6.07) is 3.50. The minimum Gasteiger partial charge on any atom is -0.454 e. The second kappa shape index (κ2) is 9.06. The molecule has 6 nitrogen and oxygen atoms in total. The summed E-state index contributed by atoms with van der Waals surface area (Å²) in [6.45, 7) is 12.2. The molecule has 7 heteroatoms. The molecule has 1 N–H and O–H groups in total. The molecule has 138 valence electrons. The number of nitrogens with zero attached hydrogens (tertiary/aromatic N) is 3. The molecule has 0 aliphatic carbocycles. The van der Waals surface area contributed by atoms with Crippen molar-refractivity contribution in [1.29, 1.82) is 0 Å². The van der Waals surface area contributed by atoms with E-state index < -0.39 is 0 Å². The largest absolute Gasteiger partial charge is 0.454 e. The summed E-state index contributed by atoms with van der Waals surface area (Å²) in [4.78, 5) is 14.5. The number of aromatic nitrogens is 2. The van der Waals surface area contributed by atoms with Crippen molar-refractivity contribution >= 4 is 17.5 Å². The van der Waals surface area contributed by atoms with Gasteiger partial charge in [-0.25, -0.2) is 0 Å². The Hall–Kier alpha value is -1.79. The zero-order valence-corrected chi connectivity index (χ0v) is 16.2. The number of furan rings is 1. The molecule has 0 spiro atoms. The highest BCUT2D eigenvalue weighted by atomic mass is 35.5. The fourth-order valence-corrected chi connectivity index (χ4v) is 2.83. The molecule has 0 unspecified atom stereocenters. The number of rotatable bonds is 9. The smallest absolute Gasteiger partial charge is 0.286 e. The Labute approximate surface area is 154 Å². The Morgan fingerprint density at radius 1 is 1.32 bits per heavy atom. The van der Waals surface area contributed by atoms with Crippen LogP contribution >= 0.6 is 11.6 Å². The van der Waals surface area contributed by atoms with E-state index in [4.69, 9.17) is 16.0 Å². The Morgan fingerprint density at radius 3 is 2.64 bits per heavy atom. The van der Waals surface area contributed by atoms with Crippen molar-refractivity contribution in [2.24, 2.45) is 0 Å². The highest BCUT2D eigenvalue weighted by Crippen LogP contribution is 2.20. The molecular weight excluding hydrogens is 340 g/mol. The molecule has 0 saturated carbocycles. The van der Waals surface area contributed by atoms with Crippen LogP contribution in [-0.4, -0.2) is 46.8 Å². The van der Waals surface area contributed by atoms with Crippen molar-refractivity contribution in [1.82, 2.24) is 20.0 Å². The molecule has 0 atom stereocenters. The molecule has 0 aliphatic rings. The molecule has 0 saturated heterocycles. The SMILES string of the molecule is CCN(CC)CCCNC(=O)c1ccc(Cn2nc(C)c(Cl)c2C)o1. The average Bonchev–Trinajstić information content (AvgIpc) is 3.16. The lowest BCUT2D eigenvalue weighted by molar-refractivity contribution is 0.0922. The van der Waals surface area contributed by atoms with Gasteiger partial charge < -0.3 is 14.6 Å². The summed E-state index contributed by atoms with van der Waals surface area (Å²) in [5.74, 6) is 0.818. The van der Waals surface area contributed by atoms with E-state index in [1.54, 1.807) is 16.8 Å². The van der Waals surface area contributed by atoms with Crippen LogP contribution in [0.2, 0.25) is 5.02 Å². The van der Waals surface area contributed by atoms with E-state index in [0.29, 0.717) is 29.6 Å². The summed E-state index contributed by atoms with van der Waals surface area (Å²) < 4.78 is 7.43. The van der Waals surface area contributed by atoms with Crippen molar-refractivity contribution in [3.05, 3.63) is 40.1 Å². The number of carbonyl (C=O) groups excluding carboxylic acids is 1. The van der Waals surface area contributed by atoms with Gasteiger partial charge in [0.2, 0.25) is 0 Å². The van der Waals surface area contributed by atoms with Crippen molar-refractivity contribution < 1.29 is 9.21 Å². The maximum atomic E-state index is 12.2. The summed E-state index contributed by atoms with van der Waals surface area (Å²) >= 11 is 6.15. The van der Waals surface area contributed by atoms with Crippen LogP contribution in [0.3, 0.4) is 0 Å². The summed E-state index contributed by atoms with van der Waals surface area (Å²) in [7, 11) is 0. The van der Waals surface area contributed by atoms with Gasteiger partial charge in [0.05, 0.1) is 23.0 Å². The number of nitrogens with one attached hydrogen (secondary N) is 1. The monoisotopic (exact) mass is 366 g/mol. The van der Waals surface area contributed by atoms with Crippen LogP contribution < -0.4 is 5.32 Å². The molecule has 0 aliphatic heterocycles. The molecule has 1 amide bonds. The van der Waals surface area contributed by atoms with Crippen LogP contribution in [0, 0.1) is 13.8 Å². The van der Waals surface area contributed by atoms with Crippen molar-refractivity contribution in [3.8, 4) is 0 Å². The maximum absolute atomic E-state index is 12.2. The zero-order chi connectivity index (χ0) is 18.4. The van der Waals surface area contributed by atoms with Crippen molar-refractivity contribution in [3.63, 3.8) is 0 Å². The van der Waals surface area contributed by atoms with E-state index in [1.165, 1.54) is 0 Å². The molecule has 2 rings (SSSR count). The van der Waals surface area contributed by atoms with Crippen LogP contribution in [0.5, 0.6) is 0 Å². The first-order valence-electron chi connectivity index (χ1n) is 8.75. The fraction of sp³-hybridized carbons (Fsp3) is 0.556. The first-order chi connectivity index (χ1) is 12.0. The Balaban J connectivity index is 1.85. The molecule has 0 aromatic carbocycles. The minimum atomic E-state index is -0.183. The van der Waals surface area contributed by atoms with E-state index in [9.17, 15) is 4.79 Å². The average molecular weight is 367 g/mol. The van der Waals surface area contributed by atoms with Gasteiger partial charge in [0.25, 0.3) is 5.91 Å². The minimum absolute atomic E-state index is 0.183. The highest BCUT2D eigenvalue weighted by Gasteiger charge is 2.14. The maximum Gasteiger partial charge on any atom is 0.286 e. The third kappa shape index (κ3) is 5.09. The number of hydrogen-bond acceptors (Lipinski definition) is 4. The van der Waals surface area contributed by atoms with Gasteiger partial charge in [-0.2, -0.15) is 5.10 Å². The predicted molar refractivity (Wildman–Crippen MR) is 99.3 cm³/mol. The summed E-state index contributed by atoms with van der Waals surface area (Å²) in [5.41, 5.74) is 1.68. The third-order valence-corrected chi connectivity index (χ3v) is 4.86. The van der Waals surface area contributed by atoms with Crippen LogP contribution in [-0.2, 0) is 6.54 Å². The van der Waals surface area contributed by atoms with Gasteiger partial charge in [-0.05, 0) is 52.0 Å². The number of aryl methyl sites for hydroxylation is 1. The fourth-order valence-electron chi connectivity index (χ4n) is 2.69. The Bertz CT molecular complexity index is 704. The molecule has 0 bridgehead atoms. The number of halogens is 1. The van der Waals surface area contributed by atoms with Crippen molar-refractivity contribution in [2.75, 3.05) is 26.2 Å². The van der Waals surface area contributed by atoms with Gasteiger partial charge in [0.15, 0.2) is 5.76 Å². The summed E-state index contributed by atoms with van der Waals surface area (Å²) in [5, 5.41) is 7.94. The van der Waals surface area contributed by atoms with Crippen molar-refractivity contribution in [2.45, 2.75) is 40.7 Å². The van der Waals surface area contributed by atoms with Gasteiger partial charge in [-0.3, -0.25) is 9.48 Å². The van der Waals surface area contributed by atoms with E-state index in [2.05, 4.69) is 29.2 Å². The molecule has 2 heterocycles.